The molecule has 0 aliphatic rings. The summed E-state index contributed by atoms with van der Waals surface area (Å²) < 4.78 is 26.0. The van der Waals surface area contributed by atoms with Gasteiger partial charge in [-0.1, -0.05) is 0 Å². The Balaban J connectivity index is 1.95. The smallest absolute Gasteiger partial charge is 0.253 e. The molecule has 0 aromatic heterocycles. The summed E-state index contributed by atoms with van der Waals surface area (Å²) in [7, 11) is 0. The van der Waals surface area contributed by atoms with Gasteiger partial charge in [0.1, 0.15) is 11.6 Å². The van der Waals surface area contributed by atoms with E-state index >= 15 is 0 Å². The molecule has 0 aliphatic heterocycles. The molecule has 0 saturated carbocycles. The van der Waals surface area contributed by atoms with E-state index < -0.39 is 11.6 Å². The quantitative estimate of drug-likeness (QED) is 0.755. The molecule has 0 heterocycles. The van der Waals surface area contributed by atoms with Crippen LogP contribution in [-0.2, 0) is 6.42 Å². The van der Waals surface area contributed by atoms with Gasteiger partial charge in [-0.25, -0.2) is 8.78 Å². The van der Waals surface area contributed by atoms with E-state index in [0.29, 0.717) is 23.2 Å². The maximum absolute atomic E-state index is 13.0. The van der Waals surface area contributed by atoms with Gasteiger partial charge in [0.25, 0.3) is 5.91 Å². The minimum absolute atomic E-state index is 0.242. The first-order chi connectivity index (χ1) is 9.95. The zero-order chi connectivity index (χ0) is 15.4. The van der Waals surface area contributed by atoms with Crippen molar-refractivity contribution in [1.82, 2.24) is 5.32 Å². The van der Waals surface area contributed by atoms with Crippen molar-refractivity contribution in [2.45, 2.75) is 6.42 Å². The number of rotatable bonds is 4. The van der Waals surface area contributed by atoms with Crippen molar-refractivity contribution < 1.29 is 13.6 Å². The molecule has 2 aromatic rings. The minimum Gasteiger partial charge on any atom is -0.399 e. The van der Waals surface area contributed by atoms with Crippen LogP contribution in [0.1, 0.15) is 15.9 Å². The Kier molecular flexibility index (Phi) is 4.37. The summed E-state index contributed by atoms with van der Waals surface area (Å²) in [4.78, 5) is 11.9. The molecular formula is C15H15F2N3O. The third-order valence-electron chi connectivity index (χ3n) is 2.94. The highest BCUT2D eigenvalue weighted by Crippen LogP contribution is 2.15. The average molecular weight is 291 g/mol. The Morgan fingerprint density at radius 2 is 1.71 bits per heavy atom. The van der Waals surface area contributed by atoms with Crippen molar-refractivity contribution in [2.75, 3.05) is 18.0 Å². The summed E-state index contributed by atoms with van der Waals surface area (Å²) in [5, 5.41) is 2.64. The number of carbonyl (C=O) groups excluding carboxylic acids is 1. The number of amides is 1. The van der Waals surface area contributed by atoms with Gasteiger partial charge in [0.15, 0.2) is 0 Å². The third kappa shape index (κ3) is 3.92. The van der Waals surface area contributed by atoms with Crippen molar-refractivity contribution in [1.29, 1.82) is 0 Å². The summed E-state index contributed by atoms with van der Waals surface area (Å²) >= 11 is 0. The van der Waals surface area contributed by atoms with E-state index in [2.05, 4.69) is 5.32 Å². The van der Waals surface area contributed by atoms with Gasteiger partial charge in [-0.05, 0) is 42.3 Å². The van der Waals surface area contributed by atoms with Crippen molar-refractivity contribution >= 4 is 17.3 Å². The Labute approximate surface area is 120 Å². The van der Waals surface area contributed by atoms with Crippen molar-refractivity contribution in [2.24, 2.45) is 0 Å². The van der Waals surface area contributed by atoms with E-state index in [4.69, 9.17) is 11.5 Å². The van der Waals surface area contributed by atoms with E-state index in [0.717, 1.165) is 6.07 Å². The van der Waals surface area contributed by atoms with Crippen LogP contribution in [-0.4, -0.2) is 12.5 Å². The number of hydrogen-bond acceptors (Lipinski definition) is 3. The normalized spacial score (nSPS) is 10.4. The molecule has 0 unspecified atom stereocenters. The molecule has 0 atom stereocenters. The predicted octanol–water partition coefficient (Wildman–Crippen LogP) is 2.10. The van der Waals surface area contributed by atoms with Crippen molar-refractivity contribution in [3.8, 4) is 0 Å². The van der Waals surface area contributed by atoms with Crippen LogP contribution in [0.4, 0.5) is 20.2 Å². The number of carbonyl (C=O) groups is 1. The number of benzene rings is 2. The van der Waals surface area contributed by atoms with Gasteiger partial charge in [0.2, 0.25) is 0 Å². The molecule has 21 heavy (non-hydrogen) atoms. The fraction of sp³-hybridized carbons (Fsp3) is 0.133. The number of anilines is 2. The van der Waals surface area contributed by atoms with Crippen molar-refractivity contribution in [3.05, 3.63) is 59.2 Å². The maximum atomic E-state index is 13.0. The Hall–Kier alpha value is -2.63. The molecule has 0 radical (unpaired) electrons. The number of nitrogens with one attached hydrogen (secondary N) is 1. The Morgan fingerprint density at radius 3 is 2.33 bits per heavy atom. The first-order valence-electron chi connectivity index (χ1n) is 6.34. The average Bonchev–Trinajstić information content (AvgIpc) is 2.37. The molecule has 4 nitrogen and oxygen atoms in total. The molecule has 5 N–H and O–H groups in total. The first-order valence-corrected chi connectivity index (χ1v) is 6.34. The molecular weight excluding hydrogens is 276 g/mol. The lowest BCUT2D eigenvalue weighted by Gasteiger charge is -2.08. The largest absolute Gasteiger partial charge is 0.399 e. The summed E-state index contributed by atoms with van der Waals surface area (Å²) in [6.07, 6.45) is 0.315. The zero-order valence-electron chi connectivity index (χ0n) is 11.2. The number of nitrogen functional groups attached to an aromatic ring is 2. The van der Waals surface area contributed by atoms with Crippen LogP contribution in [0.3, 0.4) is 0 Å². The zero-order valence-corrected chi connectivity index (χ0v) is 11.2. The van der Waals surface area contributed by atoms with Gasteiger partial charge in [-0.15, -0.1) is 0 Å². The van der Waals surface area contributed by atoms with Gasteiger partial charge in [0, 0.05) is 24.0 Å². The van der Waals surface area contributed by atoms with Gasteiger partial charge in [-0.2, -0.15) is 0 Å². The number of hydrogen-bond donors (Lipinski definition) is 3. The molecule has 0 aliphatic carbocycles. The highest BCUT2D eigenvalue weighted by atomic mass is 19.1. The Bertz CT molecular complexity index is 654. The lowest BCUT2D eigenvalue weighted by Crippen LogP contribution is -2.26. The lowest BCUT2D eigenvalue weighted by molar-refractivity contribution is 0.0955. The van der Waals surface area contributed by atoms with Gasteiger partial charge in [0.05, 0.1) is 5.56 Å². The van der Waals surface area contributed by atoms with Crippen LogP contribution < -0.4 is 16.8 Å². The maximum Gasteiger partial charge on any atom is 0.253 e. The SMILES string of the molecule is Nc1ccc(C(=O)NCCc2cc(F)cc(F)c2)c(N)c1. The lowest BCUT2D eigenvalue weighted by atomic mass is 10.1. The van der Waals surface area contributed by atoms with Gasteiger partial charge >= 0.3 is 0 Å². The molecule has 0 fully saturated rings. The summed E-state index contributed by atoms with van der Waals surface area (Å²) in [6, 6.07) is 7.86. The highest BCUT2D eigenvalue weighted by molar-refractivity contribution is 5.99. The van der Waals surface area contributed by atoms with E-state index in [1.165, 1.54) is 24.3 Å². The summed E-state index contributed by atoms with van der Waals surface area (Å²) in [6.45, 7) is 0.242. The molecule has 110 valence electrons. The molecule has 0 spiro atoms. The molecule has 2 aromatic carbocycles. The molecule has 1 amide bonds. The topological polar surface area (TPSA) is 81.1 Å². The monoisotopic (exact) mass is 291 g/mol. The fourth-order valence-electron chi connectivity index (χ4n) is 1.96. The minimum atomic E-state index is -0.640. The highest BCUT2D eigenvalue weighted by Gasteiger charge is 2.09. The fourth-order valence-corrected chi connectivity index (χ4v) is 1.96. The standard InChI is InChI=1S/C15H15F2N3O/c16-10-5-9(6-11(17)7-10)3-4-20-15(21)13-2-1-12(18)8-14(13)19/h1-2,5-8H,3-4,18-19H2,(H,20,21). The number of nitrogens with two attached hydrogens (primary N) is 2. The van der Waals surface area contributed by atoms with Crippen LogP contribution in [0.15, 0.2) is 36.4 Å². The summed E-state index contributed by atoms with van der Waals surface area (Å²) in [5.41, 5.74) is 12.8. The predicted molar refractivity (Wildman–Crippen MR) is 77.7 cm³/mol. The van der Waals surface area contributed by atoms with Gasteiger partial charge in [-0.3, -0.25) is 4.79 Å². The van der Waals surface area contributed by atoms with Crippen LogP contribution in [0.2, 0.25) is 0 Å². The summed E-state index contributed by atoms with van der Waals surface area (Å²) in [5.74, 6) is -1.64. The third-order valence-corrected chi connectivity index (χ3v) is 2.94. The van der Waals surface area contributed by atoms with Crippen LogP contribution >= 0.6 is 0 Å². The van der Waals surface area contributed by atoms with Crippen LogP contribution in [0, 0.1) is 11.6 Å². The van der Waals surface area contributed by atoms with Gasteiger partial charge < -0.3 is 16.8 Å². The number of halogens is 2. The van der Waals surface area contributed by atoms with E-state index in [9.17, 15) is 13.6 Å². The molecule has 2 rings (SSSR count). The first kappa shape index (κ1) is 14.8. The second-order valence-corrected chi connectivity index (χ2v) is 4.63. The molecule has 0 bridgehead atoms. The van der Waals surface area contributed by atoms with Crippen LogP contribution in [0.5, 0.6) is 0 Å². The van der Waals surface area contributed by atoms with Crippen molar-refractivity contribution in [3.63, 3.8) is 0 Å². The Morgan fingerprint density at radius 1 is 1.05 bits per heavy atom. The van der Waals surface area contributed by atoms with Crippen LogP contribution in [0.25, 0.3) is 0 Å². The van der Waals surface area contributed by atoms with E-state index in [-0.39, 0.29) is 18.1 Å². The van der Waals surface area contributed by atoms with E-state index in [1.807, 2.05) is 0 Å². The second kappa shape index (κ2) is 6.21. The molecule has 0 saturated heterocycles. The molecule has 6 heteroatoms. The second-order valence-electron chi connectivity index (χ2n) is 4.63. The van der Waals surface area contributed by atoms with E-state index in [1.54, 1.807) is 6.07 Å².